The van der Waals surface area contributed by atoms with E-state index in [0.717, 1.165) is 10.9 Å². The van der Waals surface area contributed by atoms with E-state index in [1.807, 2.05) is 15.9 Å². The molecule has 0 bridgehead atoms. The third kappa shape index (κ3) is 4.06. The number of anilines is 2. The van der Waals surface area contributed by atoms with E-state index in [-0.39, 0.29) is 5.91 Å². The van der Waals surface area contributed by atoms with Crippen molar-refractivity contribution in [2.24, 2.45) is 0 Å². The van der Waals surface area contributed by atoms with Crippen LogP contribution >= 0.6 is 0 Å². The number of carbonyl (C=O) groups is 2. The first-order valence-electron chi connectivity index (χ1n) is 9.93. The molecule has 3 aromatic rings. The van der Waals surface area contributed by atoms with Gasteiger partial charge in [0.2, 0.25) is 5.91 Å². The van der Waals surface area contributed by atoms with Gasteiger partial charge in [-0.3, -0.25) is 14.5 Å². The molecule has 1 saturated heterocycles. The lowest BCUT2D eigenvalue weighted by atomic mass is 10.0. The van der Waals surface area contributed by atoms with Crippen molar-refractivity contribution < 1.29 is 14.7 Å². The van der Waals surface area contributed by atoms with Crippen LogP contribution < -0.4 is 10.2 Å². The van der Waals surface area contributed by atoms with Gasteiger partial charge < -0.3 is 20.3 Å². The summed E-state index contributed by atoms with van der Waals surface area (Å²) < 4.78 is 0. The van der Waals surface area contributed by atoms with Gasteiger partial charge in [0.25, 0.3) is 0 Å². The zero-order valence-corrected chi connectivity index (χ0v) is 17.0. The summed E-state index contributed by atoms with van der Waals surface area (Å²) in [4.78, 5) is 34.9. The van der Waals surface area contributed by atoms with Crippen LogP contribution in [-0.4, -0.2) is 58.0 Å². The number of carbonyl (C=O) groups excluding carboxylic acids is 1. The molecule has 3 heterocycles. The molecule has 2 aromatic heterocycles. The van der Waals surface area contributed by atoms with Crippen LogP contribution in [0.15, 0.2) is 42.7 Å². The molecule has 1 unspecified atom stereocenters. The molecule has 3 N–H and O–H groups in total. The number of piperazine rings is 1. The first-order chi connectivity index (χ1) is 15.0. The van der Waals surface area contributed by atoms with Crippen LogP contribution in [0.1, 0.15) is 24.1 Å². The summed E-state index contributed by atoms with van der Waals surface area (Å²) in [6.45, 7) is 3.63. The van der Waals surface area contributed by atoms with Gasteiger partial charge in [0.15, 0.2) is 0 Å². The van der Waals surface area contributed by atoms with Crippen molar-refractivity contribution in [2.45, 2.75) is 13.0 Å². The first-order valence-corrected chi connectivity index (χ1v) is 9.93. The fourth-order valence-electron chi connectivity index (χ4n) is 4.07. The molecule has 1 aromatic carbocycles. The molecule has 1 aliphatic heterocycles. The van der Waals surface area contributed by atoms with Crippen molar-refractivity contribution in [3.05, 3.63) is 53.9 Å². The van der Waals surface area contributed by atoms with Crippen LogP contribution in [0, 0.1) is 11.3 Å². The third-order valence-corrected chi connectivity index (χ3v) is 5.45. The molecule has 0 saturated carbocycles. The molecule has 31 heavy (non-hydrogen) atoms. The zero-order valence-electron chi connectivity index (χ0n) is 17.0. The summed E-state index contributed by atoms with van der Waals surface area (Å²) in [6.07, 6.45) is 3.38. The molecule has 158 valence electrons. The predicted octanol–water partition coefficient (Wildman–Crippen LogP) is 2.34. The summed E-state index contributed by atoms with van der Waals surface area (Å²) in [5, 5.41) is 22.9. The number of nitriles is 1. The second kappa shape index (κ2) is 8.45. The number of aromatic amines is 1. The summed E-state index contributed by atoms with van der Waals surface area (Å²) in [6, 6.07) is 10.2. The van der Waals surface area contributed by atoms with Gasteiger partial charge in [-0.25, -0.2) is 4.98 Å². The minimum Gasteiger partial charge on any atom is -0.480 e. The quantitative estimate of drug-likeness (QED) is 0.581. The van der Waals surface area contributed by atoms with Crippen molar-refractivity contribution in [1.82, 2.24) is 14.9 Å². The van der Waals surface area contributed by atoms with Crippen molar-refractivity contribution in [2.75, 3.05) is 36.4 Å². The monoisotopic (exact) mass is 418 g/mol. The lowest BCUT2D eigenvalue weighted by Crippen LogP contribution is -2.49. The molecule has 9 nitrogen and oxygen atoms in total. The largest absolute Gasteiger partial charge is 0.480 e. The van der Waals surface area contributed by atoms with E-state index >= 15 is 0 Å². The SMILES string of the molecule is CC(=O)Nc1ccc2c(C(C(=O)O)N3CCN(c4ncccc4C#N)CC3)c[nH]c2c1. The molecule has 1 aliphatic rings. The van der Waals surface area contributed by atoms with Crippen LogP contribution in [-0.2, 0) is 9.59 Å². The van der Waals surface area contributed by atoms with Gasteiger partial charge in [0.1, 0.15) is 17.9 Å². The van der Waals surface area contributed by atoms with Gasteiger partial charge in [-0.2, -0.15) is 5.26 Å². The Labute approximate surface area is 178 Å². The second-order valence-electron chi connectivity index (χ2n) is 7.44. The number of H-pyrrole nitrogens is 1. The highest BCUT2D eigenvalue weighted by molar-refractivity contribution is 5.94. The number of nitrogens with zero attached hydrogens (tertiary/aromatic N) is 4. The number of fused-ring (bicyclic) bond motifs is 1. The van der Waals surface area contributed by atoms with Crippen molar-refractivity contribution in [3.8, 4) is 6.07 Å². The Bertz CT molecular complexity index is 1170. The molecular weight excluding hydrogens is 396 g/mol. The zero-order chi connectivity index (χ0) is 22.0. The number of rotatable bonds is 5. The smallest absolute Gasteiger partial charge is 0.325 e. The number of aromatic nitrogens is 2. The number of benzene rings is 1. The van der Waals surface area contributed by atoms with Gasteiger partial charge in [0, 0.05) is 67.7 Å². The van der Waals surface area contributed by atoms with Gasteiger partial charge in [0.05, 0.1) is 5.56 Å². The minimum atomic E-state index is -0.921. The fraction of sp³-hybridized carbons (Fsp3) is 0.273. The Hall–Kier alpha value is -3.90. The molecule has 1 fully saturated rings. The van der Waals surface area contributed by atoms with E-state index in [4.69, 9.17) is 0 Å². The number of carboxylic acids is 1. The van der Waals surface area contributed by atoms with E-state index in [9.17, 15) is 20.0 Å². The normalized spacial score (nSPS) is 15.4. The lowest BCUT2D eigenvalue weighted by molar-refractivity contribution is -0.143. The van der Waals surface area contributed by atoms with Gasteiger partial charge in [-0.05, 0) is 24.3 Å². The fourth-order valence-corrected chi connectivity index (χ4v) is 4.07. The van der Waals surface area contributed by atoms with Gasteiger partial charge in [-0.15, -0.1) is 0 Å². The number of hydrogen-bond acceptors (Lipinski definition) is 6. The van der Waals surface area contributed by atoms with Crippen molar-refractivity contribution in [3.63, 3.8) is 0 Å². The van der Waals surface area contributed by atoms with Crippen molar-refractivity contribution >= 4 is 34.3 Å². The summed E-state index contributed by atoms with van der Waals surface area (Å²) >= 11 is 0. The standard InChI is InChI=1S/C22H22N6O3/c1-14(29)26-16-4-5-17-18(13-25-19(17)11-16)20(22(30)31)27-7-9-28(10-8-27)21-15(12-23)3-2-6-24-21/h2-6,11,13,20,25H,7-10H2,1H3,(H,26,29)(H,30,31). The van der Waals surface area contributed by atoms with E-state index < -0.39 is 12.0 Å². The number of nitrogens with one attached hydrogen (secondary N) is 2. The Morgan fingerprint density at radius 2 is 2.03 bits per heavy atom. The Morgan fingerprint density at radius 1 is 1.26 bits per heavy atom. The van der Waals surface area contributed by atoms with E-state index in [2.05, 4.69) is 21.4 Å². The molecule has 0 aliphatic carbocycles. The Morgan fingerprint density at radius 3 is 2.71 bits per heavy atom. The maximum absolute atomic E-state index is 12.2. The van der Waals surface area contributed by atoms with Crippen LogP contribution in [0.4, 0.5) is 11.5 Å². The van der Waals surface area contributed by atoms with Crippen LogP contribution in [0.25, 0.3) is 10.9 Å². The topological polar surface area (TPSA) is 125 Å². The molecule has 0 spiro atoms. The highest BCUT2D eigenvalue weighted by atomic mass is 16.4. The van der Waals surface area contributed by atoms with Crippen LogP contribution in [0.3, 0.4) is 0 Å². The Balaban J connectivity index is 1.56. The maximum atomic E-state index is 12.2. The number of amides is 1. The van der Waals surface area contributed by atoms with Crippen LogP contribution in [0.2, 0.25) is 0 Å². The Kier molecular flexibility index (Phi) is 5.56. The van der Waals surface area contributed by atoms with E-state index in [1.165, 1.54) is 6.92 Å². The van der Waals surface area contributed by atoms with E-state index in [1.54, 1.807) is 36.7 Å². The number of pyridine rings is 1. The second-order valence-corrected chi connectivity index (χ2v) is 7.44. The number of carboxylic acid groups (broad SMARTS) is 1. The highest BCUT2D eigenvalue weighted by Gasteiger charge is 2.32. The molecule has 9 heteroatoms. The van der Waals surface area contributed by atoms with Gasteiger partial charge in [-0.1, -0.05) is 6.07 Å². The summed E-state index contributed by atoms with van der Waals surface area (Å²) in [5.74, 6) is -0.454. The predicted molar refractivity (Wildman–Crippen MR) is 116 cm³/mol. The van der Waals surface area contributed by atoms with Crippen LogP contribution in [0.5, 0.6) is 0 Å². The summed E-state index contributed by atoms with van der Waals surface area (Å²) in [5.41, 5.74) is 2.61. The average molecular weight is 418 g/mol. The van der Waals surface area contributed by atoms with Crippen molar-refractivity contribution in [1.29, 1.82) is 5.26 Å². The minimum absolute atomic E-state index is 0.167. The first kappa shape index (κ1) is 20.4. The van der Waals surface area contributed by atoms with E-state index in [0.29, 0.717) is 48.8 Å². The molecular formula is C22H22N6O3. The average Bonchev–Trinajstić information content (AvgIpc) is 3.16. The lowest BCUT2D eigenvalue weighted by Gasteiger charge is -2.38. The molecule has 0 radical (unpaired) electrons. The summed E-state index contributed by atoms with van der Waals surface area (Å²) in [7, 11) is 0. The highest BCUT2D eigenvalue weighted by Crippen LogP contribution is 2.31. The molecule has 1 atom stereocenters. The third-order valence-electron chi connectivity index (χ3n) is 5.45. The number of aliphatic carboxylic acids is 1. The van der Waals surface area contributed by atoms with Gasteiger partial charge >= 0.3 is 5.97 Å². The maximum Gasteiger partial charge on any atom is 0.325 e. The molecule has 1 amide bonds. The molecule has 4 rings (SSSR count). The number of hydrogen-bond donors (Lipinski definition) is 3.